The predicted octanol–water partition coefficient (Wildman–Crippen LogP) is 0.700. The first-order valence-corrected chi connectivity index (χ1v) is 4.86. The van der Waals surface area contributed by atoms with E-state index in [1.54, 1.807) is 0 Å². The molecule has 0 fully saturated rings. The fraction of sp³-hybridized carbons (Fsp3) is 0.182. The van der Waals surface area contributed by atoms with Gasteiger partial charge >= 0.3 is 5.97 Å². The Morgan fingerprint density at radius 1 is 1.53 bits per heavy atom. The molecule has 2 rings (SSSR count). The lowest BCUT2D eigenvalue weighted by molar-refractivity contribution is -0.136. The molecule has 0 atom stereocenters. The fourth-order valence-corrected chi connectivity index (χ4v) is 1.58. The third-order valence-electron chi connectivity index (χ3n) is 2.44. The van der Waals surface area contributed by atoms with E-state index in [4.69, 9.17) is 5.11 Å². The zero-order valence-corrected chi connectivity index (χ0v) is 8.98. The lowest BCUT2D eigenvalue weighted by Gasteiger charge is -2.07. The summed E-state index contributed by atoms with van der Waals surface area (Å²) in [4.78, 5) is 26.4. The van der Waals surface area contributed by atoms with Gasteiger partial charge in [0.1, 0.15) is 18.1 Å². The number of fused-ring (bicyclic) bond motifs is 1. The first kappa shape index (κ1) is 11.3. The summed E-state index contributed by atoms with van der Waals surface area (Å²) in [6, 6.07) is 3.62. The number of carbonyl (C=O) groups is 1. The number of carboxylic acid groups (broad SMARTS) is 1. The van der Waals surface area contributed by atoms with E-state index in [1.165, 1.54) is 19.2 Å². The molecule has 1 heterocycles. The van der Waals surface area contributed by atoms with Crippen LogP contribution in [0.2, 0.25) is 0 Å². The summed E-state index contributed by atoms with van der Waals surface area (Å²) in [5.74, 6) is -1.51. The number of carboxylic acids is 1. The standard InChI is InChI=1S/C11H9FN2O3/c1-14-9(5-10(15)16)13-8-4-6(12)2-3-7(8)11(14)17/h2-4H,5H2,1H3,(H,15,16). The maximum absolute atomic E-state index is 13.0. The summed E-state index contributed by atoms with van der Waals surface area (Å²) in [7, 11) is 1.44. The van der Waals surface area contributed by atoms with E-state index in [1.807, 2.05) is 0 Å². The predicted molar refractivity (Wildman–Crippen MR) is 58.3 cm³/mol. The van der Waals surface area contributed by atoms with E-state index in [2.05, 4.69) is 4.98 Å². The van der Waals surface area contributed by atoms with Gasteiger partial charge in [-0.2, -0.15) is 0 Å². The highest BCUT2D eigenvalue weighted by Crippen LogP contribution is 2.10. The smallest absolute Gasteiger partial charge is 0.311 e. The van der Waals surface area contributed by atoms with Crippen LogP contribution in [-0.4, -0.2) is 20.6 Å². The Morgan fingerprint density at radius 2 is 2.24 bits per heavy atom. The monoisotopic (exact) mass is 236 g/mol. The number of hydrogen-bond donors (Lipinski definition) is 1. The Kier molecular flexibility index (Phi) is 2.63. The molecule has 0 aliphatic heterocycles. The van der Waals surface area contributed by atoms with Crippen LogP contribution in [0.15, 0.2) is 23.0 Å². The SMILES string of the molecule is Cn1c(CC(=O)O)nc2cc(F)ccc2c1=O. The van der Waals surface area contributed by atoms with Crippen LogP contribution >= 0.6 is 0 Å². The van der Waals surface area contributed by atoms with Gasteiger partial charge in [-0.25, -0.2) is 9.37 Å². The van der Waals surface area contributed by atoms with Gasteiger partial charge < -0.3 is 5.11 Å². The molecule has 0 unspecified atom stereocenters. The van der Waals surface area contributed by atoms with E-state index >= 15 is 0 Å². The Morgan fingerprint density at radius 3 is 2.88 bits per heavy atom. The second kappa shape index (κ2) is 3.97. The van der Waals surface area contributed by atoms with E-state index < -0.39 is 11.8 Å². The second-order valence-electron chi connectivity index (χ2n) is 3.62. The highest BCUT2D eigenvalue weighted by molar-refractivity contribution is 5.78. The first-order valence-electron chi connectivity index (χ1n) is 4.86. The molecule has 0 spiro atoms. The van der Waals surface area contributed by atoms with E-state index in [0.29, 0.717) is 0 Å². The number of halogens is 1. The summed E-state index contributed by atoms with van der Waals surface area (Å²) >= 11 is 0. The van der Waals surface area contributed by atoms with Gasteiger partial charge in [0.25, 0.3) is 5.56 Å². The van der Waals surface area contributed by atoms with Crippen LogP contribution < -0.4 is 5.56 Å². The normalized spacial score (nSPS) is 10.7. The summed E-state index contributed by atoms with van der Waals surface area (Å²) in [5.41, 5.74) is -0.212. The van der Waals surface area contributed by atoms with Crippen LogP contribution in [0.1, 0.15) is 5.82 Å². The Balaban J connectivity index is 2.75. The zero-order valence-electron chi connectivity index (χ0n) is 8.98. The number of benzene rings is 1. The lowest BCUT2D eigenvalue weighted by atomic mass is 10.2. The van der Waals surface area contributed by atoms with Crippen molar-refractivity contribution in [2.75, 3.05) is 0 Å². The van der Waals surface area contributed by atoms with Crippen LogP contribution in [0.25, 0.3) is 10.9 Å². The molecular weight excluding hydrogens is 227 g/mol. The van der Waals surface area contributed by atoms with Crippen LogP contribution in [0.4, 0.5) is 4.39 Å². The average molecular weight is 236 g/mol. The van der Waals surface area contributed by atoms with Crippen LogP contribution in [0, 0.1) is 5.82 Å². The summed E-state index contributed by atoms with van der Waals surface area (Å²) in [6.45, 7) is 0. The van der Waals surface area contributed by atoms with Gasteiger partial charge in [-0.15, -0.1) is 0 Å². The zero-order chi connectivity index (χ0) is 12.6. The van der Waals surface area contributed by atoms with Crippen molar-refractivity contribution >= 4 is 16.9 Å². The largest absolute Gasteiger partial charge is 0.481 e. The van der Waals surface area contributed by atoms with Crippen molar-refractivity contribution < 1.29 is 14.3 Å². The topological polar surface area (TPSA) is 72.2 Å². The maximum Gasteiger partial charge on any atom is 0.311 e. The Hall–Kier alpha value is -2.24. The molecule has 17 heavy (non-hydrogen) atoms. The number of hydrogen-bond acceptors (Lipinski definition) is 3. The van der Waals surface area contributed by atoms with Gasteiger partial charge in [-0.3, -0.25) is 14.2 Å². The quantitative estimate of drug-likeness (QED) is 0.833. The van der Waals surface area contributed by atoms with Crippen LogP contribution in [0.5, 0.6) is 0 Å². The van der Waals surface area contributed by atoms with Crippen molar-refractivity contribution in [3.8, 4) is 0 Å². The lowest BCUT2D eigenvalue weighted by Crippen LogP contribution is -2.24. The Labute approximate surface area is 95.1 Å². The minimum absolute atomic E-state index is 0.0978. The summed E-state index contributed by atoms with van der Waals surface area (Å²) in [6.07, 6.45) is -0.377. The molecule has 5 nitrogen and oxygen atoms in total. The molecule has 2 aromatic rings. The molecule has 6 heteroatoms. The molecule has 0 saturated carbocycles. The molecule has 1 N–H and O–H groups in total. The van der Waals surface area contributed by atoms with E-state index in [0.717, 1.165) is 10.6 Å². The Bertz CT molecular complexity index is 664. The van der Waals surface area contributed by atoms with Gasteiger partial charge in [0, 0.05) is 13.1 Å². The fourth-order valence-electron chi connectivity index (χ4n) is 1.58. The van der Waals surface area contributed by atoms with Crippen molar-refractivity contribution in [2.45, 2.75) is 6.42 Å². The number of aliphatic carboxylic acids is 1. The van der Waals surface area contributed by atoms with Gasteiger partial charge in [0.2, 0.25) is 0 Å². The molecular formula is C11H9FN2O3. The number of nitrogens with zero attached hydrogens (tertiary/aromatic N) is 2. The molecule has 0 saturated heterocycles. The molecule has 1 aromatic carbocycles. The molecule has 0 radical (unpaired) electrons. The molecule has 0 aliphatic carbocycles. The third kappa shape index (κ3) is 2.01. The van der Waals surface area contributed by atoms with Crippen LogP contribution in [-0.2, 0) is 18.3 Å². The molecule has 88 valence electrons. The minimum Gasteiger partial charge on any atom is -0.481 e. The van der Waals surface area contributed by atoms with Crippen molar-refractivity contribution in [3.63, 3.8) is 0 Å². The molecule has 0 aliphatic rings. The van der Waals surface area contributed by atoms with E-state index in [9.17, 15) is 14.0 Å². The molecule has 1 aromatic heterocycles. The molecule has 0 amide bonds. The van der Waals surface area contributed by atoms with Gasteiger partial charge in [-0.1, -0.05) is 0 Å². The second-order valence-corrected chi connectivity index (χ2v) is 3.62. The van der Waals surface area contributed by atoms with Gasteiger partial charge in [-0.05, 0) is 12.1 Å². The average Bonchev–Trinajstić information content (AvgIpc) is 2.24. The van der Waals surface area contributed by atoms with Crippen molar-refractivity contribution in [1.29, 1.82) is 0 Å². The van der Waals surface area contributed by atoms with Crippen molar-refractivity contribution in [3.05, 3.63) is 40.2 Å². The van der Waals surface area contributed by atoms with Gasteiger partial charge in [0.15, 0.2) is 0 Å². The highest BCUT2D eigenvalue weighted by atomic mass is 19.1. The summed E-state index contributed by atoms with van der Waals surface area (Å²) < 4.78 is 14.2. The highest BCUT2D eigenvalue weighted by Gasteiger charge is 2.11. The first-order chi connectivity index (χ1) is 7.99. The maximum atomic E-state index is 13.0. The summed E-state index contributed by atoms with van der Waals surface area (Å²) in [5, 5.41) is 8.95. The minimum atomic E-state index is -1.09. The number of aromatic nitrogens is 2. The molecule has 0 bridgehead atoms. The third-order valence-corrected chi connectivity index (χ3v) is 2.44. The number of rotatable bonds is 2. The van der Waals surface area contributed by atoms with Gasteiger partial charge in [0.05, 0.1) is 10.9 Å². The van der Waals surface area contributed by atoms with E-state index in [-0.39, 0.29) is 28.7 Å². The van der Waals surface area contributed by atoms with Crippen molar-refractivity contribution in [1.82, 2.24) is 9.55 Å². The van der Waals surface area contributed by atoms with Crippen molar-refractivity contribution in [2.24, 2.45) is 7.05 Å². The van der Waals surface area contributed by atoms with Crippen LogP contribution in [0.3, 0.4) is 0 Å².